The van der Waals surface area contributed by atoms with Gasteiger partial charge in [0.1, 0.15) is 5.75 Å². The summed E-state index contributed by atoms with van der Waals surface area (Å²) in [6, 6.07) is 15.5. The van der Waals surface area contributed by atoms with Gasteiger partial charge in [0.2, 0.25) is 5.91 Å². The lowest BCUT2D eigenvalue weighted by atomic mass is 10.1. The number of benzene rings is 2. The van der Waals surface area contributed by atoms with Crippen molar-refractivity contribution in [2.75, 3.05) is 10.6 Å². The first-order valence-corrected chi connectivity index (χ1v) is 7.02. The van der Waals surface area contributed by atoms with E-state index in [-0.39, 0.29) is 18.2 Å². The van der Waals surface area contributed by atoms with Crippen molar-refractivity contribution in [3.8, 4) is 11.8 Å². The summed E-state index contributed by atoms with van der Waals surface area (Å²) in [7, 11) is 0. The molecule has 2 aromatic rings. The quantitative estimate of drug-likeness (QED) is 0.910. The van der Waals surface area contributed by atoms with E-state index in [1.165, 1.54) is 0 Å². The van der Waals surface area contributed by atoms with Crippen LogP contribution < -0.4 is 15.4 Å². The molecule has 2 aromatic carbocycles. The van der Waals surface area contributed by atoms with Gasteiger partial charge in [-0.2, -0.15) is 5.26 Å². The zero-order valence-corrected chi connectivity index (χ0v) is 12.1. The van der Waals surface area contributed by atoms with Gasteiger partial charge >= 0.3 is 0 Å². The number of nitrogens with zero attached hydrogens (tertiary/aromatic N) is 1. The molecule has 1 aliphatic heterocycles. The van der Waals surface area contributed by atoms with Crippen LogP contribution in [0.4, 0.5) is 11.4 Å². The molecule has 2 N–H and O–H groups in total. The fourth-order valence-corrected chi connectivity index (χ4v) is 2.24. The smallest absolute Gasteiger partial charge is 0.266 e. The third-order valence-corrected chi connectivity index (χ3v) is 3.38. The van der Waals surface area contributed by atoms with E-state index in [1.807, 2.05) is 6.07 Å². The Morgan fingerprint density at radius 3 is 2.70 bits per heavy atom. The molecular weight excluding hydrogens is 294 g/mol. The van der Waals surface area contributed by atoms with Crippen molar-refractivity contribution >= 4 is 23.2 Å². The van der Waals surface area contributed by atoms with Gasteiger partial charge in [-0.15, -0.1) is 0 Å². The van der Waals surface area contributed by atoms with Crippen LogP contribution in [0.5, 0.6) is 5.75 Å². The lowest BCUT2D eigenvalue weighted by Gasteiger charge is -2.25. The number of hydrogen-bond acceptors (Lipinski definition) is 4. The molecule has 23 heavy (non-hydrogen) atoms. The summed E-state index contributed by atoms with van der Waals surface area (Å²) in [4.78, 5) is 24.0. The molecule has 0 aliphatic carbocycles. The maximum Gasteiger partial charge on any atom is 0.266 e. The van der Waals surface area contributed by atoms with E-state index in [1.54, 1.807) is 48.5 Å². The highest BCUT2D eigenvalue weighted by molar-refractivity contribution is 6.01. The maximum absolute atomic E-state index is 12.1. The topological polar surface area (TPSA) is 91.2 Å². The normalized spacial score (nSPS) is 15.6. The number of hydrogen-bond donors (Lipinski definition) is 2. The van der Waals surface area contributed by atoms with Crippen molar-refractivity contribution in [2.45, 2.75) is 12.5 Å². The van der Waals surface area contributed by atoms with E-state index in [4.69, 9.17) is 10.00 Å². The monoisotopic (exact) mass is 307 g/mol. The van der Waals surface area contributed by atoms with Crippen molar-refractivity contribution in [1.29, 1.82) is 5.26 Å². The SMILES string of the molecule is N#Cc1ccc(NC(=O)CC2Oc3ccccc3NC2=O)cc1. The number of anilines is 2. The van der Waals surface area contributed by atoms with Gasteiger partial charge in [-0.25, -0.2) is 0 Å². The highest BCUT2D eigenvalue weighted by Gasteiger charge is 2.29. The second kappa shape index (κ2) is 6.20. The Hall–Kier alpha value is -3.33. The Morgan fingerprint density at radius 1 is 1.22 bits per heavy atom. The van der Waals surface area contributed by atoms with Crippen LogP contribution in [0.15, 0.2) is 48.5 Å². The van der Waals surface area contributed by atoms with E-state index in [0.29, 0.717) is 22.7 Å². The van der Waals surface area contributed by atoms with E-state index in [2.05, 4.69) is 10.6 Å². The standard InChI is InChI=1S/C17H13N3O3/c18-10-11-5-7-12(8-6-11)19-16(21)9-15-17(22)20-13-3-1-2-4-14(13)23-15/h1-8,15H,9H2,(H,19,21)(H,20,22). The molecule has 2 amide bonds. The fraction of sp³-hybridized carbons (Fsp3) is 0.118. The first-order chi connectivity index (χ1) is 11.2. The van der Waals surface area contributed by atoms with Gasteiger partial charge in [0.05, 0.1) is 23.7 Å². The van der Waals surface area contributed by atoms with Crippen LogP contribution >= 0.6 is 0 Å². The minimum Gasteiger partial charge on any atom is -0.478 e. The molecule has 1 aliphatic rings. The van der Waals surface area contributed by atoms with E-state index >= 15 is 0 Å². The van der Waals surface area contributed by atoms with Gasteiger partial charge < -0.3 is 15.4 Å². The van der Waals surface area contributed by atoms with Gasteiger partial charge in [0, 0.05) is 5.69 Å². The minimum absolute atomic E-state index is 0.0971. The van der Waals surface area contributed by atoms with Crippen LogP contribution in [0, 0.1) is 11.3 Å². The maximum atomic E-state index is 12.1. The van der Waals surface area contributed by atoms with Crippen LogP contribution in [-0.4, -0.2) is 17.9 Å². The molecule has 1 atom stereocenters. The summed E-state index contributed by atoms with van der Waals surface area (Å²) < 4.78 is 5.57. The largest absolute Gasteiger partial charge is 0.478 e. The summed E-state index contributed by atoms with van der Waals surface area (Å²) in [5.74, 6) is -0.142. The first kappa shape index (κ1) is 14.6. The Bertz CT molecular complexity index is 793. The van der Waals surface area contributed by atoms with Crippen molar-refractivity contribution < 1.29 is 14.3 Å². The highest BCUT2D eigenvalue weighted by Crippen LogP contribution is 2.29. The predicted molar refractivity (Wildman–Crippen MR) is 83.9 cm³/mol. The number of carbonyl (C=O) groups excluding carboxylic acids is 2. The van der Waals surface area contributed by atoms with Gasteiger partial charge in [-0.1, -0.05) is 12.1 Å². The molecule has 0 aromatic heterocycles. The van der Waals surface area contributed by atoms with Gasteiger partial charge in [-0.3, -0.25) is 9.59 Å². The molecule has 6 heteroatoms. The highest BCUT2D eigenvalue weighted by atomic mass is 16.5. The van der Waals surface area contributed by atoms with Gasteiger partial charge in [0.25, 0.3) is 5.91 Å². The number of nitrogens with one attached hydrogen (secondary N) is 2. The second-order valence-corrected chi connectivity index (χ2v) is 5.03. The van der Waals surface area contributed by atoms with E-state index in [0.717, 1.165) is 0 Å². The number of ether oxygens (including phenoxy) is 1. The zero-order valence-electron chi connectivity index (χ0n) is 12.1. The number of fused-ring (bicyclic) bond motifs is 1. The number of carbonyl (C=O) groups is 2. The van der Waals surface area contributed by atoms with Crippen LogP contribution in [0.2, 0.25) is 0 Å². The Labute approximate surface area is 132 Å². The second-order valence-electron chi connectivity index (χ2n) is 5.03. The Morgan fingerprint density at radius 2 is 1.96 bits per heavy atom. The molecule has 1 unspecified atom stereocenters. The number of nitriles is 1. The summed E-state index contributed by atoms with van der Waals surface area (Å²) in [6.07, 6.45) is -0.969. The number of amides is 2. The summed E-state index contributed by atoms with van der Waals surface area (Å²) >= 11 is 0. The summed E-state index contributed by atoms with van der Waals surface area (Å²) in [5.41, 5.74) is 1.67. The minimum atomic E-state index is -0.872. The molecule has 6 nitrogen and oxygen atoms in total. The molecule has 0 fully saturated rings. The molecule has 1 heterocycles. The van der Waals surface area contributed by atoms with Crippen LogP contribution in [-0.2, 0) is 9.59 Å². The fourth-order valence-electron chi connectivity index (χ4n) is 2.24. The zero-order chi connectivity index (χ0) is 16.2. The lowest BCUT2D eigenvalue weighted by molar-refractivity contribution is -0.128. The molecule has 0 radical (unpaired) electrons. The number of para-hydroxylation sites is 2. The molecular formula is C17H13N3O3. The Kier molecular flexibility index (Phi) is 3.93. The predicted octanol–water partition coefficient (Wildman–Crippen LogP) is 2.29. The number of rotatable bonds is 3. The first-order valence-electron chi connectivity index (χ1n) is 7.02. The molecule has 114 valence electrons. The Balaban J connectivity index is 1.64. The lowest BCUT2D eigenvalue weighted by Crippen LogP contribution is -2.39. The van der Waals surface area contributed by atoms with E-state index < -0.39 is 6.10 Å². The molecule has 0 saturated carbocycles. The van der Waals surface area contributed by atoms with Crippen molar-refractivity contribution in [2.24, 2.45) is 0 Å². The van der Waals surface area contributed by atoms with Gasteiger partial charge in [0.15, 0.2) is 6.10 Å². The third-order valence-electron chi connectivity index (χ3n) is 3.38. The molecule has 0 bridgehead atoms. The molecule has 0 saturated heterocycles. The molecule has 3 rings (SSSR count). The van der Waals surface area contributed by atoms with Crippen molar-refractivity contribution in [3.63, 3.8) is 0 Å². The van der Waals surface area contributed by atoms with E-state index in [9.17, 15) is 9.59 Å². The molecule has 0 spiro atoms. The van der Waals surface area contributed by atoms with Gasteiger partial charge in [-0.05, 0) is 36.4 Å². The summed E-state index contributed by atoms with van der Waals surface area (Å²) in [6.45, 7) is 0. The average Bonchev–Trinajstić information content (AvgIpc) is 2.56. The van der Waals surface area contributed by atoms with Crippen molar-refractivity contribution in [1.82, 2.24) is 0 Å². The van der Waals surface area contributed by atoms with Crippen molar-refractivity contribution in [3.05, 3.63) is 54.1 Å². The third kappa shape index (κ3) is 3.30. The van der Waals surface area contributed by atoms with Crippen LogP contribution in [0.3, 0.4) is 0 Å². The summed E-state index contributed by atoms with van der Waals surface area (Å²) in [5, 5.41) is 14.1. The van der Waals surface area contributed by atoms with Crippen LogP contribution in [0.1, 0.15) is 12.0 Å². The van der Waals surface area contributed by atoms with Crippen LogP contribution in [0.25, 0.3) is 0 Å². The average molecular weight is 307 g/mol.